The second kappa shape index (κ2) is 6.53. The summed E-state index contributed by atoms with van der Waals surface area (Å²) >= 11 is 1.53. The maximum atomic E-state index is 13.5. The summed E-state index contributed by atoms with van der Waals surface area (Å²) in [4.78, 5) is 29.7. The van der Waals surface area contributed by atoms with Crippen molar-refractivity contribution >= 4 is 28.2 Å². The van der Waals surface area contributed by atoms with E-state index in [-0.39, 0.29) is 40.9 Å². The third kappa shape index (κ3) is 2.56. The van der Waals surface area contributed by atoms with E-state index in [2.05, 4.69) is 40.7 Å². The van der Waals surface area contributed by atoms with E-state index in [1.165, 1.54) is 32.3 Å². The molecule has 5 heteroatoms. The minimum Gasteiger partial charge on any atom is -0.274 e. The molecule has 2 amide bonds. The first-order chi connectivity index (χ1) is 14.1. The summed E-state index contributed by atoms with van der Waals surface area (Å²) in [6.45, 7) is 11.0. The molecule has 4 aliphatic rings. The van der Waals surface area contributed by atoms with Gasteiger partial charge in [-0.1, -0.05) is 31.9 Å². The number of amides is 2. The number of nitrogens with zero attached hydrogens (tertiary/aromatic N) is 2. The number of rotatable bonds is 1. The second-order valence-corrected chi connectivity index (χ2v) is 12.0. The molecular formula is C25H30N2O2S. The highest BCUT2D eigenvalue weighted by Crippen LogP contribution is 2.61. The topological polar surface area (TPSA) is 61.2 Å². The van der Waals surface area contributed by atoms with E-state index in [1.54, 1.807) is 0 Å². The number of imide groups is 1. The molecule has 158 valence electrons. The number of carbonyl (C=O) groups is 2. The van der Waals surface area contributed by atoms with E-state index >= 15 is 0 Å². The van der Waals surface area contributed by atoms with Gasteiger partial charge in [-0.25, -0.2) is 4.90 Å². The first-order valence-electron chi connectivity index (χ1n) is 11.2. The molecule has 5 atom stereocenters. The summed E-state index contributed by atoms with van der Waals surface area (Å²) in [5, 5.41) is 10.6. The molecule has 1 aromatic rings. The van der Waals surface area contributed by atoms with Crippen molar-refractivity contribution in [2.24, 2.45) is 35.0 Å². The molecule has 2 bridgehead atoms. The van der Waals surface area contributed by atoms with Crippen molar-refractivity contribution in [1.82, 2.24) is 0 Å². The van der Waals surface area contributed by atoms with E-state index in [0.29, 0.717) is 16.5 Å². The van der Waals surface area contributed by atoms with Crippen LogP contribution < -0.4 is 4.90 Å². The molecule has 5 rings (SSSR count). The Kier molecular flexibility index (Phi) is 4.35. The van der Waals surface area contributed by atoms with Gasteiger partial charge in [-0.05, 0) is 74.7 Å². The fourth-order valence-corrected chi connectivity index (χ4v) is 8.16. The summed E-state index contributed by atoms with van der Waals surface area (Å²) in [5.41, 5.74) is 4.53. The molecular weight excluding hydrogens is 392 g/mol. The zero-order chi connectivity index (χ0) is 21.5. The number of anilines is 1. The van der Waals surface area contributed by atoms with Crippen molar-refractivity contribution in [3.63, 3.8) is 0 Å². The maximum absolute atomic E-state index is 13.5. The van der Waals surface area contributed by atoms with Gasteiger partial charge in [-0.2, -0.15) is 5.26 Å². The van der Waals surface area contributed by atoms with E-state index in [0.717, 1.165) is 37.7 Å². The lowest BCUT2D eigenvalue weighted by atomic mass is 9.72. The Labute approximate surface area is 182 Å². The van der Waals surface area contributed by atoms with Gasteiger partial charge in [0.2, 0.25) is 11.8 Å². The van der Waals surface area contributed by atoms with Gasteiger partial charge in [-0.3, -0.25) is 9.59 Å². The van der Waals surface area contributed by atoms with Gasteiger partial charge < -0.3 is 0 Å². The predicted molar refractivity (Wildman–Crippen MR) is 118 cm³/mol. The molecule has 0 unspecified atom stereocenters. The lowest BCUT2D eigenvalue weighted by Gasteiger charge is -2.33. The average Bonchev–Trinajstić information content (AvgIpc) is 3.39. The van der Waals surface area contributed by atoms with E-state index in [1.807, 2.05) is 0 Å². The number of hydrogen-bond donors (Lipinski definition) is 0. The molecule has 0 aromatic carbocycles. The summed E-state index contributed by atoms with van der Waals surface area (Å²) in [6, 6.07) is 2.36. The van der Waals surface area contributed by atoms with Gasteiger partial charge >= 0.3 is 0 Å². The monoisotopic (exact) mass is 422 g/mol. The van der Waals surface area contributed by atoms with Crippen molar-refractivity contribution in [2.45, 2.75) is 66.7 Å². The number of allylic oxidation sites excluding steroid dienone is 2. The maximum Gasteiger partial charge on any atom is 0.239 e. The molecule has 1 aromatic heterocycles. The highest BCUT2D eigenvalue weighted by Gasteiger charge is 2.64. The Balaban J connectivity index is 1.54. The molecule has 30 heavy (non-hydrogen) atoms. The smallest absolute Gasteiger partial charge is 0.239 e. The third-order valence-corrected chi connectivity index (χ3v) is 9.46. The van der Waals surface area contributed by atoms with Gasteiger partial charge in [0.15, 0.2) is 0 Å². The van der Waals surface area contributed by atoms with E-state index in [9.17, 15) is 14.9 Å². The van der Waals surface area contributed by atoms with Crippen LogP contribution >= 0.6 is 11.3 Å². The van der Waals surface area contributed by atoms with Crippen LogP contribution in [0.15, 0.2) is 11.1 Å². The zero-order valence-corrected chi connectivity index (χ0v) is 19.4. The van der Waals surface area contributed by atoms with Gasteiger partial charge in [-0.15, -0.1) is 11.3 Å². The van der Waals surface area contributed by atoms with Crippen LogP contribution in [0.1, 0.15) is 69.9 Å². The second-order valence-electron chi connectivity index (χ2n) is 10.9. The summed E-state index contributed by atoms with van der Waals surface area (Å²) < 4.78 is 0. The molecule has 3 fully saturated rings. The SMILES string of the molecule is CC(C)=C1[C@H]2CC[C@@H]1[C@@H]1C(=O)N(c3sc4c(c3C#N)CC[C@@H](C(C)(C)C)C4)C(=O)[C@H]12. The molecule has 1 saturated heterocycles. The summed E-state index contributed by atoms with van der Waals surface area (Å²) in [5.74, 6) is 0.456. The van der Waals surface area contributed by atoms with Crippen LogP contribution in [0.2, 0.25) is 0 Å². The van der Waals surface area contributed by atoms with Crippen LogP contribution in [0.4, 0.5) is 5.00 Å². The Morgan fingerprint density at radius 1 is 1.07 bits per heavy atom. The highest BCUT2D eigenvalue weighted by atomic mass is 32.1. The Hall–Kier alpha value is -1.93. The molecule has 0 N–H and O–H groups in total. The van der Waals surface area contributed by atoms with Crippen molar-refractivity contribution < 1.29 is 9.59 Å². The van der Waals surface area contributed by atoms with E-state index in [4.69, 9.17) is 0 Å². The van der Waals surface area contributed by atoms with Crippen LogP contribution in [0.3, 0.4) is 0 Å². The minimum atomic E-state index is -0.214. The molecule has 2 heterocycles. The van der Waals surface area contributed by atoms with Crippen LogP contribution in [0.5, 0.6) is 0 Å². The van der Waals surface area contributed by atoms with Crippen molar-refractivity contribution in [2.75, 3.05) is 4.90 Å². The summed E-state index contributed by atoms with van der Waals surface area (Å²) in [6.07, 6.45) is 4.89. The minimum absolute atomic E-state index is 0.0570. The van der Waals surface area contributed by atoms with E-state index < -0.39 is 0 Å². The number of nitriles is 1. The van der Waals surface area contributed by atoms with Gasteiger partial charge in [0.05, 0.1) is 17.4 Å². The normalized spacial score (nSPS) is 32.5. The fraction of sp³-hybridized carbons (Fsp3) is 0.640. The Morgan fingerprint density at radius 3 is 2.17 bits per heavy atom. The fourth-order valence-electron chi connectivity index (χ4n) is 6.78. The first kappa shape index (κ1) is 20.0. The molecule has 4 nitrogen and oxygen atoms in total. The molecule has 3 aliphatic carbocycles. The lowest BCUT2D eigenvalue weighted by molar-refractivity contribution is -0.122. The lowest BCUT2D eigenvalue weighted by Crippen LogP contribution is -2.33. The Morgan fingerprint density at radius 2 is 1.67 bits per heavy atom. The predicted octanol–water partition coefficient (Wildman–Crippen LogP) is 5.25. The first-order valence-corrected chi connectivity index (χ1v) is 12.1. The van der Waals surface area contributed by atoms with Crippen LogP contribution in [-0.2, 0) is 22.4 Å². The van der Waals surface area contributed by atoms with Crippen molar-refractivity contribution in [1.29, 1.82) is 5.26 Å². The van der Waals surface area contributed by atoms with Gasteiger partial charge in [0, 0.05) is 4.88 Å². The van der Waals surface area contributed by atoms with Crippen molar-refractivity contribution in [3.05, 3.63) is 27.2 Å². The molecule has 0 spiro atoms. The number of thiophene rings is 1. The molecule has 1 aliphatic heterocycles. The largest absolute Gasteiger partial charge is 0.274 e. The number of carbonyl (C=O) groups excluding carboxylic acids is 2. The Bertz CT molecular complexity index is 999. The average molecular weight is 423 g/mol. The quantitative estimate of drug-likeness (QED) is 0.458. The zero-order valence-electron chi connectivity index (χ0n) is 18.5. The van der Waals surface area contributed by atoms with Crippen LogP contribution in [0, 0.1) is 46.3 Å². The van der Waals surface area contributed by atoms with Gasteiger partial charge in [0.25, 0.3) is 0 Å². The van der Waals surface area contributed by atoms with Crippen molar-refractivity contribution in [3.8, 4) is 6.07 Å². The highest BCUT2D eigenvalue weighted by molar-refractivity contribution is 7.17. The van der Waals surface area contributed by atoms with Crippen LogP contribution in [-0.4, -0.2) is 11.8 Å². The van der Waals surface area contributed by atoms with Crippen LogP contribution in [0.25, 0.3) is 0 Å². The van der Waals surface area contributed by atoms with Gasteiger partial charge in [0.1, 0.15) is 11.1 Å². The third-order valence-electron chi connectivity index (χ3n) is 8.22. The molecule has 2 saturated carbocycles. The standard InChI is InChI=1S/C25H30N2O2S/c1-12(2)19-15-8-9-16(19)21-20(15)22(28)27(23(21)29)24-17(11-26)14-7-6-13(25(3,4)5)10-18(14)30-24/h13,15-16,20-21H,6-10H2,1-5H3/t13-,15-,16+,20+,21+/m1/s1. The number of fused-ring (bicyclic) bond motifs is 6. The summed E-state index contributed by atoms with van der Waals surface area (Å²) in [7, 11) is 0. The number of hydrogen-bond acceptors (Lipinski definition) is 4. The molecule has 0 radical (unpaired) electrons.